The Morgan fingerprint density at radius 3 is 2.68 bits per heavy atom. The van der Waals surface area contributed by atoms with Crippen molar-refractivity contribution in [1.82, 2.24) is 5.43 Å². The Labute approximate surface area is 168 Å². The molecule has 28 heavy (non-hydrogen) atoms. The molecule has 1 amide bonds. The summed E-state index contributed by atoms with van der Waals surface area (Å²) in [4.78, 5) is 11.9. The molecule has 1 N–H and O–H groups in total. The lowest BCUT2D eigenvalue weighted by Gasteiger charge is -2.11. The maximum atomic E-state index is 12.7. The van der Waals surface area contributed by atoms with Gasteiger partial charge in [0.05, 0.1) is 36.4 Å². The minimum absolute atomic E-state index is 0.224. The van der Waals surface area contributed by atoms with Gasteiger partial charge in [-0.1, -0.05) is 18.2 Å². The predicted molar refractivity (Wildman–Crippen MR) is 103 cm³/mol. The molecule has 0 radical (unpaired) electrons. The normalized spacial score (nSPS) is 11.5. The molecular weight excluding hydrogens is 441 g/mol. The van der Waals surface area contributed by atoms with Gasteiger partial charge in [-0.15, -0.1) is 0 Å². The quantitative estimate of drug-likeness (QED) is 0.488. The number of nitrogens with zero attached hydrogens (tertiary/aromatic N) is 1. The third-order valence-corrected chi connectivity index (χ3v) is 4.15. The van der Waals surface area contributed by atoms with Crippen molar-refractivity contribution >= 4 is 28.1 Å². The number of methoxy groups -OCH3 is 1. The van der Waals surface area contributed by atoms with Gasteiger partial charge in [0.1, 0.15) is 0 Å². The number of hydrazone groups is 1. The van der Waals surface area contributed by atoms with Crippen LogP contribution in [0.1, 0.15) is 23.6 Å². The number of halogens is 4. The van der Waals surface area contributed by atoms with Crippen LogP contribution in [0.25, 0.3) is 0 Å². The maximum Gasteiger partial charge on any atom is 0.416 e. The van der Waals surface area contributed by atoms with Crippen molar-refractivity contribution in [2.45, 2.75) is 19.5 Å². The highest BCUT2D eigenvalue weighted by molar-refractivity contribution is 9.10. The van der Waals surface area contributed by atoms with E-state index in [0.29, 0.717) is 28.1 Å². The highest BCUT2D eigenvalue weighted by Gasteiger charge is 2.30. The van der Waals surface area contributed by atoms with Gasteiger partial charge in [-0.2, -0.15) is 18.3 Å². The molecule has 5 nitrogen and oxygen atoms in total. The zero-order valence-electron chi connectivity index (χ0n) is 15.1. The van der Waals surface area contributed by atoms with Crippen molar-refractivity contribution in [2.75, 3.05) is 13.7 Å². The summed E-state index contributed by atoms with van der Waals surface area (Å²) >= 11 is 3.37. The Balaban J connectivity index is 2.04. The monoisotopic (exact) mass is 458 g/mol. The Kier molecular flexibility index (Phi) is 7.45. The van der Waals surface area contributed by atoms with E-state index >= 15 is 0 Å². The fourth-order valence-corrected chi connectivity index (χ4v) is 3.01. The van der Waals surface area contributed by atoms with Crippen molar-refractivity contribution in [1.29, 1.82) is 0 Å². The Hall–Kier alpha value is -2.55. The van der Waals surface area contributed by atoms with Gasteiger partial charge in [-0.3, -0.25) is 4.79 Å². The van der Waals surface area contributed by atoms with Gasteiger partial charge in [0.2, 0.25) is 5.91 Å². The average molecular weight is 459 g/mol. The van der Waals surface area contributed by atoms with Crippen LogP contribution in [0.15, 0.2) is 46.0 Å². The van der Waals surface area contributed by atoms with Crippen molar-refractivity contribution in [3.05, 3.63) is 57.6 Å². The topological polar surface area (TPSA) is 59.9 Å². The zero-order valence-corrected chi connectivity index (χ0v) is 16.7. The first-order valence-electron chi connectivity index (χ1n) is 8.23. The van der Waals surface area contributed by atoms with Crippen molar-refractivity contribution in [2.24, 2.45) is 5.10 Å². The largest absolute Gasteiger partial charge is 0.492 e. The number of hydrogen-bond donors (Lipinski definition) is 1. The maximum absolute atomic E-state index is 12.7. The number of benzene rings is 2. The van der Waals surface area contributed by atoms with E-state index in [1.807, 2.05) is 6.92 Å². The number of ether oxygens (including phenoxy) is 2. The van der Waals surface area contributed by atoms with Gasteiger partial charge >= 0.3 is 6.18 Å². The Morgan fingerprint density at radius 2 is 2.04 bits per heavy atom. The van der Waals surface area contributed by atoms with Crippen LogP contribution < -0.4 is 14.9 Å². The van der Waals surface area contributed by atoms with E-state index in [1.54, 1.807) is 12.1 Å². The lowest BCUT2D eigenvalue weighted by Crippen LogP contribution is -2.20. The standard InChI is InChI=1S/C19H18BrF3N2O3/c1-3-28-16-9-13(8-15(20)18(16)27-2)11-24-25-17(26)10-12-5-4-6-14(7-12)19(21,22)23/h4-9,11H,3,10H2,1-2H3,(H,25,26)/b24-11-. The first-order valence-corrected chi connectivity index (χ1v) is 9.02. The highest BCUT2D eigenvalue weighted by atomic mass is 79.9. The van der Waals surface area contributed by atoms with Crippen LogP contribution in [-0.2, 0) is 17.4 Å². The number of alkyl halides is 3. The summed E-state index contributed by atoms with van der Waals surface area (Å²) in [6.45, 7) is 2.28. The van der Waals surface area contributed by atoms with Crippen LogP contribution in [-0.4, -0.2) is 25.8 Å². The van der Waals surface area contributed by atoms with Crippen LogP contribution in [0.5, 0.6) is 11.5 Å². The van der Waals surface area contributed by atoms with E-state index in [1.165, 1.54) is 25.5 Å². The summed E-state index contributed by atoms with van der Waals surface area (Å²) in [5.41, 5.74) is 2.38. The second-order valence-electron chi connectivity index (χ2n) is 5.64. The second-order valence-corrected chi connectivity index (χ2v) is 6.49. The van der Waals surface area contributed by atoms with E-state index in [9.17, 15) is 18.0 Å². The number of nitrogens with one attached hydrogen (secondary N) is 1. The van der Waals surface area contributed by atoms with E-state index in [2.05, 4.69) is 26.5 Å². The van der Waals surface area contributed by atoms with Gasteiger partial charge in [-0.05, 0) is 52.2 Å². The Bertz CT molecular complexity index is 870. The zero-order chi connectivity index (χ0) is 20.7. The third-order valence-electron chi connectivity index (χ3n) is 3.56. The summed E-state index contributed by atoms with van der Waals surface area (Å²) in [6, 6.07) is 8.03. The molecule has 0 fully saturated rings. The molecule has 2 rings (SSSR count). The first kappa shape index (κ1) is 21.7. The molecule has 2 aromatic rings. The molecule has 0 bridgehead atoms. The van der Waals surface area contributed by atoms with E-state index in [-0.39, 0.29) is 12.0 Å². The van der Waals surface area contributed by atoms with Crippen molar-refractivity contribution in [3.63, 3.8) is 0 Å². The molecule has 0 saturated heterocycles. The van der Waals surface area contributed by atoms with Crippen LogP contribution in [0.2, 0.25) is 0 Å². The van der Waals surface area contributed by atoms with E-state index in [4.69, 9.17) is 9.47 Å². The molecule has 0 unspecified atom stereocenters. The number of carbonyl (C=O) groups excluding carboxylic acids is 1. The summed E-state index contributed by atoms with van der Waals surface area (Å²) < 4.78 is 49.6. The lowest BCUT2D eigenvalue weighted by molar-refractivity contribution is -0.137. The minimum Gasteiger partial charge on any atom is -0.492 e. The van der Waals surface area contributed by atoms with Crippen LogP contribution in [0.4, 0.5) is 13.2 Å². The molecule has 9 heteroatoms. The molecule has 150 valence electrons. The van der Waals surface area contributed by atoms with E-state index in [0.717, 1.165) is 12.1 Å². The molecule has 0 atom stereocenters. The number of hydrogen-bond acceptors (Lipinski definition) is 4. The number of carbonyl (C=O) groups is 1. The fourth-order valence-electron chi connectivity index (χ4n) is 2.38. The molecule has 0 heterocycles. The number of amides is 1. The van der Waals surface area contributed by atoms with Crippen LogP contribution in [0, 0.1) is 0 Å². The summed E-state index contributed by atoms with van der Waals surface area (Å²) in [6.07, 6.45) is -3.28. The SMILES string of the molecule is CCOc1cc(/C=N\NC(=O)Cc2cccc(C(F)(F)F)c2)cc(Br)c1OC. The summed E-state index contributed by atoms with van der Waals surface area (Å²) in [7, 11) is 1.52. The summed E-state index contributed by atoms with van der Waals surface area (Å²) in [5.74, 6) is 0.511. The molecule has 0 aromatic heterocycles. The molecular formula is C19H18BrF3N2O3. The number of rotatable bonds is 7. The van der Waals surface area contributed by atoms with Gasteiger partial charge in [-0.25, -0.2) is 5.43 Å². The van der Waals surface area contributed by atoms with Crippen LogP contribution >= 0.6 is 15.9 Å². The van der Waals surface area contributed by atoms with E-state index < -0.39 is 17.6 Å². The average Bonchev–Trinajstić information content (AvgIpc) is 2.61. The van der Waals surface area contributed by atoms with Gasteiger partial charge in [0.15, 0.2) is 11.5 Å². The minimum atomic E-state index is -4.45. The second kappa shape index (κ2) is 9.59. The van der Waals surface area contributed by atoms with Gasteiger partial charge in [0.25, 0.3) is 0 Å². The van der Waals surface area contributed by atoms with Crippen LogP contribution in [0.3, 0.4) is 0 Å². The third kappa shape index (κ3) is 5.98. The Morgan fingerprint density at radius 1 is 1.29 bits per heavy atom. The molecule has 2 aromatic carbocycles. The lowest BCUT2D eigenvalue weighted by atomic mass is 10.1. The molecule has 0 aliphatic carbocycles. The van der Waals surface area contributed by atoms with Gasteiger partial charge < -0.3 is 9.47 Å². The smallest absolute Gasteiger partial charge is 0.416 e. The molecule has 0 spiro atoms. The van der Waals surface area contributed by atoms with Crippen molar-refractivity contribution < 1.29 is 27.4 Å². The molecule has 0 aliphatic heterocycles. The van der Waals surface area contributed by atoms with Crippen molar-refractivity contribution in [3.8, 4) is 11.5 Å². The highest BCUT2D eigenvalue weighted by Crippen LogP contribution is 2.36. The molecule has 0 aliphatic rings. The fraction of sp³-hybridized carbons (Fsp3) is 0.263. The first-order chi connectivity index (χ1) is 13.2. The predicted octanol–water partition coefficient (Wildman–Crippen LogP) is 4.57. The van der Waals surface area contributed by atoms with Gasteiger partial charge in [0, 0.05) is 0 Å². The molecule has 0 saturated carbocycles. The summed E-state index contributed by atoms with van der Waals surface area (Å²) in [5, 5.41) is 3.84.